The van der Waals surface area contributed by atoms with E-state index in [1.807, 2.05) is 0 Å². The van der Waals surface area contributed by atoms with Gasteiger partial charge >= 0.3 is 0 Å². The molecular formula is C13H16BrN3O3. The highest BCUT2D eigenvalue weighted by molar-refractivity contribution is 9.10. The summed E-state index contributed by atoms with van der Waals surface area (Å²) in [6.45, 7) is 1.66. The quantitative estimate of drug-likeness (QED) is 0.672. The van der Waals surface area contributed by atoms with Crippen LogP contribution in [0.25, 0.3) is 0 Å². The monoisotopic (exact) mass is 341 g/mol. The Hall–Kier alpha value is -1.63. The predicted molar refractivity (Wildman–Crippen MR) is 79.5 cm³/mol. The van der Waals surface area contributed by atoms with Gasteiger partial charge in [-0.15, -0.1) is 0 Å². The number of rotatable bonds is 4. The van der Waals surface area contributed by atoms with E-state index in [0.717, 1.165) is 36.1 Å². The van der Waals surface area contributed by atoms with Crippen molar-refractivity contribution in [3.63, 3.8) is 0 Å². The SMILES string of the molecule is NC(=O)CC1CCN(c2ccc([N+](=O)[O-])cc2Br)CC1. The van der Waals surface area contributed by atoms with Crippen LogP contribution < -0.4 is 10.6 Å². The van der Waals surface area contributed by atoms with E-state index in [1.54, 1.807) is 6.07 Å². The molecule has 20 heavy (non-hydrogen) atoms. The zero-order valence-corrected chi connectivity index (χ0v) is 12.5. The van der Waals surface area contributed by atoms with Crippen molar-refractivity contribution < 1.29 is 9.72 Å². The third kappa shape index (κ3) is 3.47. The number of carbonyl (C=O) groups is 1. The average molecular weight is 342 g/mol. The lowest BCUT2D eigenvalue weighted by molar-refractivity contribution is -0.384. The molecule has 1 saturated heterocycles. The van der Waals surface area contributed by atoms with Crippen LogP contribution >= 0.6 is 15.9 Å². The van der Waals surface area contributed by atoms with Crippen molar-refractivity contribution in [2.24, 2.45) is 11.7 Å². The van der Waals surface area contributed by atoms with Gasteiger partial charge in [0.2, 0.25) is 5.91 Å². The van der Waals surface area contributed by atoms with Gasteiger partial charge in [0.1, 0.15) is 0 Å². The van der Waals surface area contributed by atoms with Crippen LogP contribution in [-0.2, 0) is 4.79 Å². The molecule has 0 bridgehead atoms. The van der Waals surface area contributed by atoms with E-state index < -0.39 is 4.92 Å². The Balaban J connectivity index is 2.03. The zero-order valence-electron chi connectivity index (χ0n) is 10.9. The van der Waals surface area contributed by atoms with Gasteiger partial charge in [-0.1, -0.05) is 0 Å². The third-order valence-corrected chi connectivity index (χ3v) is 4.22. The molecule has 0 radical (unpaired) electrons. The Bertz CT molecular complexity index is 528. The van der Waals surface area contributed by atoms with Crippen molar-refractivity contribution in [3.8, 4) is 0 Å². The number of primary amides is 1. The standard InChI is InChI=1S/C13H16BrN3O3/c14-11-8-10(17(19)20)1-2-12(11)16-5-3-9(4-6-16)7-13(15)18/h1-2,8-9H,3-7H2,(H2,15,18). The molecule has 0 aliphatic carbocycles. The van der Waals surface area contributed by atoms with E-state index in [9.17, 15) is 14.9 Å². The minimum Gasteiger partial charge on any atom is -0.371 e. The number of non-ortho nitro benzene ring substituents is 1. The highest BCUT2D eigenvalue weighted by atomic mass is 79.9. The molecule has 1 amide bonds. The van der Waals surface area contributed by atoms with E-state index in [1.165, 1.54) is 12.1 Å². The highest BCUT2D eigenvalue weighted by Gasteiger charge is 2.22. The minimum atomic E-state index is -0.409. The van der Waals surface area contributed by atoms with Crippen LogP contribution in [0.1, 0.15) is 19.3 Å². The van der Waals surface area contributed by atoms with Gasteiger partial charge in [-0.25, -0.2) is 0 Å². The number of anilines is 1. The molecule has 1 heterocycles. The predicted octanol–water partition coefficient (Wildman–Crippen LogP) is 2.45. The molecule has 0 saturated carbocycles. The minimum absolute atomic E-state index is 0.0734. The number of hydrogen-bond acceptors (Lipinski definition) is 4. The number of nitrogens with zero attached hydrogens (tertiary/aromatic N) is 2. The number of piperidine rings is 1. The summed E-state index contributed by atoms with van der Waals surface area (Å²) in [5.41, 5.74) is 6.24. The zero-order chi connectivity index (χ0) is 14.7. The number of nitro benzene ring substituents is 1. The highest BCUT2D eigenvalue weighted by Crippen LogP contribution is 2.33. The number of benzene rings is 1. The fraction of sp³-hybridized carbons (Fsp3) is 0.462. The van der Waals surface area contributed by atoms with Gasteiger partial charge in [0.05, 0.1) is 10.6 Å². The van der Waals surface area contributed by atoms with Gasteiger partial charge in [-0.2, -0.15) is 0 Å². The number of hydrogen-bond donors (Lipinski definition) is 1. The fourth-order valence-electron chi connectivity index (χ4n) is 2.53. The van der Waals surface area contributed by atoms with Crippen molar-refractivity contribution >= 4 is 33.2 Å². The van der Waals surface area contributed by atoms with E-state index in [0.29, 0.717) is 12.3 Å². The Kier molecular flexibility index (Phi) is 4.59. The summed E-state index contributed by atoms with van der Waals surface area (Å²) in [4.78, 5) is 23.4. The normalized spacial score (nSPS) is 16.1. The van der Waals surface area contributed by atoms with E-state index in [4.69, 9.17) is 5.73 Å². The first-order chi connectivity index (χ1) is 9.47. The molecule has 1 aromatic rings. The molecule has 1 aromatic carbocycles. The molecule has 0 aromatic heterocycles. The van der Waals surface area contributed by atoms with Crippen molar-refractivity contribution in [2.75, 3.05) is 18.0 Å². The van der Waals surface area contributed by atoms with Crippen molar-refractivity contribution in [1.82, 2.24) is 0 Å². The number of amides is 1. The first kappa shape index (κ1) is 14.8. The summed E-state index contributed by atoms with van der Waals surface area (Å²) in [7, 11) is 0. The second-order valence-corrected chi connectivity index (χ2v) is 5.85. The van der Waals surface area contributed by atoms with Crippen molar-refractivity contribution in [2.45, 2.75) is 19.3 Å². The lowest BCUT2D eigenvalue weighted by Crippen LogP contribution is -2.35. The first-order valence-corrected chi connectivity index (χ1v) is 7.24. The van der Waals surface area contributed by atoms with Crippen LogP contribution in [0.2, 0.25) is 0 Å². The summed E-state index contributed by atoms with van der Waals surface area (Å²) in [5, 5.41) is 10.7. The van der Waals surface area contributed by atoms with Crippen molar-refractivity contribution in [3.05, 3.63) is 32.8 Å². The molecule has 108 valence electrons. The Morgan fingerprint density at radius 2 is 2.10 bits per heavy atom. The molecule has 1 aliphatic rings. The van der Waals surface area contributed by atoms with Crippen LogP contribution in [0, 0.1) is 16.0 Å². The lowest BCUT2D eigenvalue weighted by Gasteiger charge is -2.33. The van der Waals surface area contributed by atoms with Crippen LogP contribution in [-0.4, -0.2) is 23.9 Å². The summed E-state index contributed by atoms with van der Waals surface area (Å²) in [6.07, 6.45) is 2.26. The Labute approximate surface area is 125 Å². The van der Waals surface area contributed by atoms with Crippen LogP contribution in [0.5, 0.6) is 0 Å². The number of nitrogens with two attached hydrogens (primary N) is 1. The maximum absolute atomic E-state index is 10.9. The second-order valence-electron chi connectivity index (χ2n) is 4.99. The topological polar surface area (TPSA) is 89.5 Å². The van der Waals surface area contributed by atoms with Crippen LogP contribution in [0.3, 0.4) is 0 Å². The summed E-state index contributed by atoms with van der Waals surface area (Å²) < 4.78 is 0.722. The first-order valence-electron chi connectivity index (χ1n) is 6.44. The second kappa shape index (κ2) is 6.21. The lowest BCUT2D eigenvalue weighted by atomic mass is 9.93. The molecule has 0 atom stereocenters. The summed E-state index contributed by atoms with van der Waals surface area (Å²) in [5.74, 6) is 0.0977. The van der Waals surface area contributed by atoms with Gasteiger partial charge in [0.25, 0.3) is 5.69 Å². The van der Waals surface area contributed by atoms with Crippen LogP contribution in [0.15, 0.2) is 22.7 Å². The summed E-state index contributed by atoms with van der Waals surface area (Å²) >= 11 is 3.39. The Morgan fingerprint density at radius 1 is 1.45 bits per heavy atom. The van der Waals surface area contributed by atoms with E-state index in [2.05, 4.69) is 20.8 Å². The fourth-order valence-corrected chi connectivity index (χ4v) is 3.15. The molecule has 6 nitrogen and oxygen atoms in total. The number of nitro groups is 1. The largest absolute Gasteiger partial charge is 0.371 e. The third-order valence-electron chi connectivity index (χ3n) is 3.59. The summed E-state index contributed by atoms with van der Waals surface area (Å²) in [6, 6.07) is 4.79. The maximum atomic E-state index is 10.9. The number of halogens is 1. The molecule has 2 N–H and O–H groups in total. The molecule has 1 fully saturated rings. The molecule has 2 rings (SSSR count). The van der Waals surface area contributed by atoms with Gasteiger partial charge in [-0.05, 0) is 40.8 Å². The molecule has 0 unspecified atom stereocenters. The van der Waals surface area contributed by atoms with Crippen molar-refractivity contribution in [1.29, 1.82) is 0 Å². The molecule has 7 heteroatoms. The average Bonchev–Trinajstić information content (AvgIpc) is 2.39. The Morgan fingerprint density at radius 3 is 2.60 bits per heavy atom. The van der Waals surface area contributed by atoms with Crippen LogP contribution in [0.4, 0.5) is 11.4 Å². The van der Waals surface area contributed by atoms with Gasteiger partial charge in [-0.3, -0.25) is 14.9 Å². The maximum Gasteiger partial charge on any atom is 0.270 e. The van der Waals surface area contributed by atoms with E-state index >= 15 is 0 Å². The van der Waals surface area contributed by atoms with E-state index in [-0.39, 0.29) is 11.6 Å². The van der Waals surface area contributed by atoms with Gasteiger partial charge in [0, 0.05) is 36.1 Å². The van der Waals surface area contributed by atoms with Gasteiger partial charge < -0.3 is 10.6 Å². The molecule has 0 spiro atoms. The smallest absolute Gasteiger partial charge is 0.270 e. The number of carbonyl (C=O) groups excluding carboxylic acids is 1. The molecular weight excluding hydrogens is 326 g/mol. The van der Waals surface area contributed by atoms with Gasteiger partial charge in [0.15, 0.2) is 0 Å². The molecule has 1 aliphatic heterocycles.